The molecule has 5 rings (SSSR count). The molecule has 0 aromatic heterocycles. The number of amides is 1. The van der Waals surface area contributed by atoms with Crippen molar-refractivity contribution in [1.82, 2.24) is 4.90 Å². The lowest BCUT2D eigenvalue weighted by Crippen LogP contribution is -2.39. The second-order valence-electron chi connectivity index (χ2n) is 7.74. The van der Waals surface area contributed by atoms with E-state index in [4.69, 9.17) is 4.74 Å². The predicted octanol–water partition coefficient (Wildman–Crippen LogP) is 6.25. The van der Waals surface area contributed by atoms with Crippen LogP contribution in [-0.2, 0) is 11.2 Å². The zero-order chi connectivity index (χ0) is 21.2. The highest BCUT2D eigenvalue weighted by molar-refractivity contribution is 8.13. The molecule has 0 N–H and O–H groups in total. The van der Waals surface area contributed by atoms with Crippen molar-refractivity contribution in [3.8, 4) is 0 Å². The van der Waals surface area contributed by atoms with Crippen LogP contribution < -0.4 is 0 Å². The summed E-state index contributed by atoms with van der Waals surface area (Å²) < 4.78 is 5.57. The van der Waals surface area contributed by atoms with Crippen molar-refractivity contribution in [2.75, 3.05) is 26.0 Å². The van der Waals surface area contributed by atoms with E-state index in [1.54, 1.807) is 4.90 Å². The number of hydrogen-bond donors (Lipinski definition) is 0. The van der Waals surface area contributed by atoms with Gasteiger partial charge in [-0.05, 0) is 50.6 Å². The molecule has 1 amide bonds. The van der Waals surface area contributed by atoms with Gasteiger partial charge in [-0.15, -0.1) is 0 Å². The first-order valence-electron chi connectivity index (χ1n) is 10.6. The number of rotatable bonds is 3. The highest BCUT2D eigenvalue weighted by Gasteiger charge is 2.22. The number of amidine groups is 1. The summed E-state index contributed by atoms with van der Waals surface area (Å²) in [5, 5.41) is 8.25. The van der Waals surface area contributed by atoms with Crippen LogP contribution in [0.15, 0.2) is 71.7 Å². The molecule has 1 heterocycles. The maximum Gasteiger partial charge on any atom is 0.415 e. The summed E-state index contributed by atoms with van der Waals surface area (Å²) in [6.45, 7) is 1.81. The first-order valence-corrected chi connectivity index (χ1v) is 11.8. The van der Waals surface area contributed by atoms with Gasteiger partial charge in [0, 0.05) is 19.5 Å². The van der Waals surface area contributed by atoms with Gasteiger partial charge in [0.05, 0.1) is 6.61 Å². The minimum absolute atomic E-state index is 0.300. The Balaban J connectivity index is 1.37. The highest BCUT2D eigenvalue weighted by atomic mass is 32.2. The molecule has 4 aromatic carbocycles. The van der Waals surface area contributed by atoms with Crippen LogP contribution in [0.4, 0.5) is 4.79 Å². The van der Waals surface area contributed by atoms with Gasteiger partial charge in [-0.3, -0.25) is 9.89 Å². The van der Waals surface area contributed by atoms with Crippen molar-refractivity contribution in [2.45, 2.75) is 12.8 Å². The average Bonchev–Trinajstić information content (AvgIpc) is 2.83. The van der Waals surface area contributed by atoms with E-state index >= 15 is 0 Å². The Bertz CT molecular complexity index is 1320. The number of benzene rings is 4. The standard InChI is InChI=1S/C26H24N2O2S/c1-31-25-27-14-4-15-28(25)26(29)30-16-13-18-7-8-20-10-11-22-21-6-3-2-5-19(21)9-12-23(22)24(20)17-18/h2-3,5-12,17H,4,13-16H2,1H3. The Morgan fingerprint density at radius 2 is 1.71 bits per heavy atom. The third kappa shape index (κ3) is 3.86. The molecule has 0 fully saturated rings. The van der Waals surface area contributed by atoms with E-state index in [1.807, 2.05) is 6.26 Å². The van der Waals surface area contributed by atoms with Crippen LogP contribution in [0.2, 0.25) is 0 Å². The zero-order valence-corrected chi connectivity index (χ0v) is 18.3. The van der Waals surface area contributed by atoms with Crippen LogP contribution in [0.5, 0.6) is 0 Å². The molecule has 1 aliphatic heterocycles. The molecular weight excluding hydrogens is 404 g/mol. The maximum atomic E-state index is 12.5. The molecular formula is C26H24N2O2S. The lowest BCUT2D eigenvalue weighted by atomic mass is 9.95. The normalized spacial score (nSPS) is 14.2. The van der Waals surface area contributed by atoms with Crippen molar-refractivity contribution >= 4 is 55.3 Å². The van der Waals surface area contributed by atoms with Gasteiger partial charge in [-0.1, -0.05) is 78.5 Å². The molecule has 5 heteroatoms. The maximum absolute atomic E-state index is 12.5. The highest BCUT2D eigenvalue weighted by Crippen LogP contribution is 2.31. The van der Waals surface area contributed by atoms with Crippen LogP contribution in [0, 0.1) is 0 Å². The van der Waals surface area contributed by atoms with Crippen molar-refractivity contribution in [2.24, 2.45) is 4.99 Å². The number of hydrogen-bond acceptors (Lipinski definition) is 4. The third-order valence-corrected chi connectivity index (χ3v) is 6.56. The van der Waals surface area contributed by atoms with Gasteiger partial charge in [0.15, 0.2) is 5.17 Å². The molecule has 0 saturated heterocycles. The van der Waals surface area contributed by atoms with Crippen LogP contribution in [-0.4, -0.2) is 42.1 Å². The lowest BCUT2D eigenvalue weighted by Gasteiger charge is -2.25. The number of aliphatic imine (C=N–C) groups is 1. The molecule has 0 aliphatic carbocycles. The number of nitrogens with zero attached hydrogens (tertiary/aromatic N) is 2. The minimum Gasteiger partial charge on any atom is -0.449 e. The first kappa shape index (κ1) is 19.9. The third-order valence-electron chi connectivity index (χ3n) is 5.85. The average molecular weight is 429 g/mol. The van der Waals surface area contributed by atoms with Gasteiger partial charge >= 0.3 is 6.09 Å². The molecule has 0 spiro atoms. The van der Waals surface area contributed by atoms with E-state index in [0.717, 1.165) is 18.1 Å². The van der Waals surface area contributed by atoms with Gasteiger partial charge in [0.1, 0.15) is 0 Å². The molecule has 0 atom stereocenters. The van der Waals surface area contributed by atoms with Gasteiger partial charge in [0.25, 0.3) is 0 Å². The second kappa shape index (κ2) is 8.60. The molecule has 1 aliphatic rings. The minimum atomic E-state index is -0.300. The summed E-state index contributed by atoms with van der Waals surface area (Å²) in [7, 11) is 0. The summed E-state index contributed by atoms with van der Waals surface area (Å²) in [6.07, 6.45) is 3.20. The fraction of sp³-hybridized carbons (Fsp3) is 0.231. The van der Waals surface area contributed by atoms with Gasteiger partial charge in [0.2, 0.25) is 0 Å². The van der Waals surface area contributed by atoms with Crippen molar-refractivity contribution in [1.29, 1.82) is 0 Å². The quantitative estimate of drug-likeness (QED) is 0.362. The number of thioether (sulfide) groups is 1. The Kier molecular flexibility index (Phi) is 5.51. The van der Waals surface area contributed by atoms with Crippen LogP contribution in [0.25, 0.3) is 32.3 Å². The van der Waals surface area contributed by atoms with E-state index in [0.29, 0.717) is 19.6 Å². The molecule has 0 radical (unpaired) electrons. The number of ether oxygens (including phenoxy) is 1. The van der Waals surface area contributed by atoms with Crippen LogP contribution in [0.1, 0.15) is 12.0 Å². The Morgan fingerprint density at radius 3 is 2.55 bits per heavy atom. The van der Waals surface area contributed by atoms with Crippen molar-refractivity contribution < 1.29 is 9.53 Å². The van der Waals surface area contributed by atoms with E-state index in [9.17, 15) is 4.79 Å². The smallest absolute Gasteiger partial charge is 0.415 e. The fourth-order valence-electron chi connectivity index (χ4n) is 4.28. The molecule has 0 saturated carbocycles. The Morgan fingerprint density at radius 1 is 0.968 bits per heavy atom. The van der Waals surface area contributed by atoms with Crippen molar-refractivity contribution in [3.63, 3.8) is 0 Å². The van der Waals surface area contributed by atoms with Gasteiger partial charge in [-0.2, -0.15) is 0 Å². The van der Waals surface area contributed by atoms with E-state index in [1.165, 1.54) is 49.6 Å². The van der Waals surface area contributed by atoms with Crippen molar-refractivity contribution in [3.05, 3.63) is 72.3 Å². The molecule has 4 aromatic rings. The van der Waals surface area contributed by atoms with Gasteiger partial charge in [-0.25, -0.2) is 4.79 Å². The number of carbonyl (C=O) groups is 1. The topological polar surface area (TPSA) is 41.9 Å². The molecule has 31 heavy (non-hydrogen) atoms. The summed E-state index contributed by atoms with van der Waals surface area (Å²) in [6, 6.07) is 23.8. The lowest BCUT2D eigenvalue weighted by molar-refractivity contribution is 0.123. The number of carbonyl (C=O) groups excluding carboxylic acids is 1. The zero-order valence-electron chi connectivity index (χ0n) is 17.5. The van der Waals surface area contributed by atoms with Gasteiger partial charge < -0.3 is 4.74 Å². The Hall–Kier alpha value is -3.05. The van der Waals surface area contributed by atoms with E-state index in [2.05, 4.69) is 71.7 Å². The molecule has 156 valence electrons. The largest absolute Gasteiger partial charge is 0.449 e. The summed E-state index contributed by atoms with van der Waals surface area (Å²) in [5.74, 6) is 0. The molecule has 0 bridgehead atoms. The predicted molar refractivity (Wildman–Crippen MR) is 131 cm³/mol. The second-order valence-corrected chi connectivity index (χ2v) is 8.51. The monoisotopic (exact) mass is 428 g/mol. The summed E-state index contributed by atoms with van der Waals surface area (Å²) in [5.41, 5.74) is 1.17. The van der Waals surface area contributed by atoms with E-state index < -0.39 is 0 Å². The Labute approximate surface area is 185 Å². The van der Waals surface area contributed by atoms with Crippen LogP contribution >= 0.6 is 11.8 Å². The summed E-state index contributed by atoms with van der Waals surface area (Å²) >= 11 is 1.49. The molecule has 0 unspecified atom stereocenters. The molecule has 4 nitrogen and oxygen atoms in total. The van der Waals surface area contributed by atoms with E-state index in [-0.39, 0.29) is 6.09 Å². The first-order chi connectivity index (χ1) is 15.2. The number of fused-ring (bicyclic) bond motifs is 5. The fourth-order valence-corrected chi connectivity index (χ4v) is 4.89. The SMILES string of the molecule is CSC1=NCCCN1C(=O)OCCc1ccc2ccc3c4ccccc4ccc3c2c1. The summed E-state index contributed by atoms with van der Waals surface area (Å²) in [4.78, 5) is 18.5. The van der Waals surface area contributed by atoms with Crippen LogP contribution in [0.3, 0.4) is 0 Å².